The molecule has 0 saturated carbocycles. The Labute approximate surface area is 171 Å². The van der Waals surface area contributed by atoms with Crippen molar-refractivity contribution in [2.75, 3.05) is 33.3 Å². The first-order chi connectivity index (χ1) is 13.6. The lowest BCUT2D eigenvalue weighted by Crippen LogP contribution is -2.50. The SMILES string of the molecule is COC(=O)NC(CC(C)C)C(=O)N1CCCN(S(=O)(=O)c2c(C)noc2C)CC1. The highest BCUT2D eigenvalue weighted by atomic mass is 32.2. The van der Waals surface area contributed by atoms with Crippen LogP contribution in [0.4, 0.5) is 4.79 Å². The molecule has 1 fully saturated rings. The molecule has 2 rings (SSSR count). The average Bonchev–Trinajstić information content (AvgIpc) is 2.85. The largest absolute Gasteiger partial charge is 0.453 e. The summed E-state index contributed by atoms with van der Waals surface area (Å²) in [6.07, 6.45) is 0.286. The lowest BCUT2D eigenvalue weighted by atomic mass is 10.0. The van der Waals surface area contributed by atoms with Gasteiger partial charge in [0.2, 0.25) is 15.9 Å². The maximum atomic E-state index is 13.0. The minimum absolute atomic E-state index is 0.0855. The molecule has 0 radical (unpaired) electrons. The third-order valence-electron chi connectivity index (χ3n) is 4.81. The molecule has 1 aromatic rings. The van der Waals surface area contributed by atoms with Crippen molar-refractivity contribution in [3.63, 3.8) is 0 Å². The number of methoxy groups -OCH3 is 1. The molecule has 1 atom stereocenters. The third-order valence-corrected chi connectivity index (χ3v) is 6.96. The van der Waals surface area contributed by atoms with E-state index in [1.165, 1.54) is 11.4 Å². The number of carbonyl (C=O) groups is 2. The molecule has 2 amide bonds. The van der Waals surface area contributed by atoms with Crippen molar-refractivity contribution in [3.05, 3.63) is 11.5 Å². The summed E-state index contributed by atoms with van der Waals surface area (Å²) < 4.78 is 37.1. The number of rotatable bonds is 6. The zero-order chi connectivity index (χ0) is 21.8. The van der Waals surface area contributed by atoms with Gasteiger partial charge in [-0.25, -0.2) is 13.2 Å². The number of aryl methyl sites for hydroxylation is 2. The number of nitrogens with one attached hydrogen (secondary N) is 1. The number of hydrogen-bond acceptors (Lipinski definition) is 7. The summed E-state index contributed by atoms with van der Waals surface area (Å²) in [5.41, 5.74) is 0.318. The molecule has 11 heteroatoms. The number of aromatic nitrogens is 1. The maximum Gasteiger partial charge on any atom is 0.407 e. The van der Waals surface area contributed by atoms with E-state index in [4.69, 9.17) is 4.52 Å². The highest BCUT2D eigenvalue weighted by Gasteiger charge is 2.34. The Morgan fingerprint density at radius 3 is 2.45 bits per heavy atom. The van der Waals surface area contributed by atoms with Crippen LogP contribution in [0.5, 0.6) is 0 Å². The zero-order valence-electron chi connectivity index (χ0n) is 17.6. The highest BCUT2D eigenvalue weighted by molar-refractivity contribution is 7.89. The van der Waals surface area contributed by atoms with Gasteiger partial charge in [-0.2, -0.15) is 4.31 Å². The summed E-state index contributed by atoms with van der Waals surface area (Å²) in [5, 5.41) is 6.32. The number of amides is 2. The van der Waals surface area contributed by atoms with Crippen LogP contribution in [0.25, 0.3) is 0 Å². The predicted octanol–water partition coefficient (Wildman–Crippen LogP) is 1.29. The smallest absolute Gasteiger partial charge is 0.407 e. The van der Waals surface area contributed by atoms with Crippen LogP contribution in [0.3, 0.4) is 0 Å². The molecule has 1 unspecified atom stereocenters. The van der Waals surface area contributed by atoms with Gasteiger partial charge < -0.3 is 19.5 Å². The number of ether oxygens (including phenoxy) is 1. The van der Waals surface area contributed by atoms with Crippen LogP contribution in [0, 0.1) is 19.8 Å². The van der Waals surface area contributed by atoms with Crippen molar-refractivity contribution in [1.29, 1.82) is 0 Å². The fourth-order valence-electron chi connectivity index (χ4n) is 3.44. The quantitative estimate of drug-likeness (QED) is 0.721. The van der Waals surface area contributed by atoms with Crippen LogP contribution in [-0.4, -0.2) is 74.1 Å². The van der Waals surface area contributed by atoms with E-state index in [2.05, 4.69) is 15.2 Å². The van der Waals surface area contributed by atoms with Gasteiger partial charge in [0.15, 0.2) is 5.76 Å². The standard InChI is InChI=1S/C18H30N4O6S/c1-12(2)11-15(19-18(24)27-5)17(23)21-7-6-8-22(10-9-21)29(25,26)16-13(3)20-28-14(16)4/h12,15H,6-11H2,1-5H3,(H,19,24). The van der Waals surface area contributed by atoms with Gasteiger partial charge in [-0.15, -0.1) is 0 Å². The Kier molecular flexibility index (Phi) is 7.64. The lowest BCUT2D eigenvalue weighted by molar-refractivity contribution is -0.133. The Bertz CT molecular complexity index is 816. The minimum Gasteiger partial charge on any atom is -0.453 e. The van der Waals surface area contributed by atoms with Gasteiger partial charge in [-0.3, -0.25) is 4.79 Å². The van der Waals surface area contributed by atoms with Crippen LogP contribution >= 0.6 is 0 Å². The third kappa shape index (κ3) is 5.47. The molecular weight excluding hydrogens is 400 g/mol. The number of hydrogen-bond donors (Lipinski definition) is 1. The second kappa shape index (κ2) is 9.57. The second-order valence-corrected chi connectivity index (χ2v) is 9.43. The summed E-state index contributed by atoms with van der Waals surface area (Å²) in [4.78, 5) is 26.3. The van der Waals surface area contributed by atoms with Crippen molar-refractivity contribution in [3.8, 4) is 0 Å². The number of alkyl carbamates (subject to hydrolysis) is 1. The van der Waals surface area contributed by atoms with Crippen molar-refractivity contribution >= 4 is 22.0 Å². The highest BCUT2D eigenvalue weighted by Crippen LogP contribution is 2.24. The van der Waals surface area contributed by atoms with Gasteiger partial charge in [0.25, 0.3) is 0 Å². The van der Waals surface area contributed by atoms with Gasteiger partial charge in [0.05, 0.1) is 7.11 Å². The van der Waals surface area contributed by atoms with Crippen molar-refractivity contribution < 1.29 is 27.3 Å². The molecule has 0 aromatic carbocycles. The van der Waals surface area contributed by atoms with Gasteiger partial charge in [0, 0.05) is 26.2 Å². The van der Waals surface area contributed by atoms with Crippen LogP contribution in [0.2, 0.25) is 0 Å². The van der Waals surface area contributed by atoms with E-state index in [1.807, 2.05) is 13.8 Å². The van der Waals surface area contributed by atoms with Crippen LogP contribution in [0.15, 0.2) is 9.42 Å². The first-order valence-corrected chi connectivity index (χ1v) is 11.1. The van der Waals surface area contributed by atoms with E-state index in [1.54, 1.807) is 18.7 Å². The Hall–Kier alpha value is -2.14. The molecule has 1 N–H and O–H groups in total. The predicted molar refractivity (Wildman–Crippen MR) is 105 cm³/mol. The van der Waals surface area contributed by atoms with Crippen molar-refractivity contribution in [2.45, 2.75) is 51.5 Å². The first-order valence-electron chi connectivity index (χ1n) is 9.64. The average molecular weight is 431 g/mol. The van der Waals surface area contributed by atoms with E-state index >= 15 is 0 Å². The molecule has 164 valence electrons. The zero-order valence-corrected chi connectivity index (χ0v) is 18.4. The van der Waals surface area contributed by atoms with Crippen molar-refractivity contribution in [1.82, 2.24) is 19.7 Å². The molecule has 0 aliphatic carbocycles. The summed E-state index contributed by atoms with van der Waals surface area (Å²) in [6.45, 7) is 8.16. The minimum atomic E-state index is -3.77. The van der Waals surface area contributed by atoms with E-state index in [9.17, 15) is 18.0 Å². The fraction of sp³-hybridized carbons (Fsp3) is 0.722. The molecule has 1 aromatic heterocycles. The maximum absolute atomic E-state index is 13.0. The number of carbonyl (C=O) groups excluding carboxylic acids is 2. The number of nitrogens with zero attached hydrogens (tertiary/aromatic N) is 3. The van der Waals surface area contributed by atoms with Gasteiger partial charge in [0.1, 0.15) is 16.6 Å². The van der Waals surface area contributed by atoms with E-state index in [0.29, 0.717) is 25.1 Å². The molecule has 0 bridgehead atoms. The summed E-state index contributed by atoms with van der Waals surface area (Å²) in [5.74, 6) is 0.198. The summed E-state index contributed by atoms with van der Waals surface area (Å²) in [7, 11) is -2.52. The van der Waals surface area contributed by atoms with Crippen LogP contribution < -0.4 is 5.32 Å². The number of sulfonamides is 1. The molecule has 29 heavy (non-hydrogen) atoms. The molecule has 0 spiro atoms. The molecule has 1 aliphatic heterocycles. The molecular formula is C18H30N4O6S. The van der Waals surface area contributed by atoms with Crippen LogP contribution in [-0.2, 0) is 19.6 Å². The normalized spacial score (nSPS) is 17.1. The fourth-order valence-corrected chi connectivity index (χ4v) is 5.20. The Balaban J connectivity index is 2.13. The Morgan fingerprint density at radius 2 is 1.90 bits per heavy atom. The van der Waals surface area contributed by atoms with Gasteiger partial charge in [-0.05, 0) is 32.6 Å². The van der Waals surface area contributed by atoms with Crippen LogP contribution in [0.1, 0.15) is 38.1 Å². The summed E-state index contributed by atoms with van der Waals surface area (Å²) in [6, 6.07) is -0.715. The first kappa shape index (κ1) is 23.1. The topological polar surface area (TPSA) is 122 Å². The van der Waals surface area contributed by atoms with Gasteiger partial charge in [-0.1, -0.05) is 19.0 Å². The Morgan fingerprint density at radius 1 is 1.21 bits per heavy atom. The summed E-state index contributed by atoms with van der Waals surface area (Å²) >= 11 is 0. The van der Waals surface area contributed by atoms with E-state index in [-0.39, 0.29) is 42.1 Å². The monoisotopic (exact) mass is 430 g/mol. The molecule has 10 nitrogen and oxygen atoms in total. The van der Waals surface area contributed by atoms with Gasteiger partial charge >= 0.3 is 6.09 Å². The molecule has 2 heterocycles. The van der Waals surface area contributed by atoms with Crippen molar-refractivity contribution in [2.24, 2.45) is 5.92 Å². The van der Waals surface area contributed by atoms with E-state index < -0.39 is 22.2 Å². The second-order valence-electron chi connectivity index (χ2n) is 7.55. The molecule has 1 aliphatic rings. The lowest BCUT2D eigenvalue weighted by Gasteiger charge is -2.27. The van der Waals surface area contributed by atoms with E-state index in [0.717, 1.165) is 0 Å². The molecule has 1 saturated heterocycles.